The number of ether oxygens (including phenoxy) is 1. The lowest BCUT2D eigenvalue weighted by molar-refractivity contribution is -0.201. The molecule has 0 aromatic carbocycles. The molecule has 4 N–H and O–H groups in total. The van der Waals surface area contributed by atoms with Crippen molar-refractivity contribution < 1.29 is 4.74 Å². The largest absolute Gasteiger partial charge is 0.365 e. The Kier molecular flexibility index (Phi) is 8.45. The van der Waals surface area contributed by atoms with Gasteiger partial charge in [0.2, 0.25) is 0 Å². The van der Waals surface area contributed by atoms with Crippen molar-refractivity contribution >= 4 is 0 Å². The highest BCUT2D eigenvalue weighted by Crippen LogP contribution is 2.39. The van der Waals surface area contributed by atoms with Crippen LogP contribution in [0.1, 0.15) is 68.2 Å². The zero-order chi connectivity index (χ0) is 16.8. The van der Waals surface area contributed by atoms with Crippen LogP contribution in [0.3, 0.4) is 0 Å². The molecule has 3 heteroatoms. The van der Waals surface area contributed by atoms with E-state index in [1.807, 2.05) is 0 Å². The number of rotatable bonds is 10. The van der Waals surface area contributed by atoms with Crippen molar-refractivity contribution in [2.75, 3.05) is 13.1 Å². The Bertz CT molecular complexity index is 261. The molecule has 2 unspecified atom stereocenters. The first-order valence-electron chi connectivity index (χ1n) is 8.65. The van der Waals surface area contributed by atoms with E-state index in [1.165, 1.54) is 0 Å². The lowest BCUT2D eigenvalue weighted by Crippen LogP contribution is -2.58. The minimum atomic E-state index is -0.285. The monoisotopic (exact) mass is 300 g/mol. The third kappa shape index (κ3) is 5.54. The van der Waals surface area contributed by atoms with E-state index < -0.39 is 0 Å². The van der Waals surface area contributed by atoms with E-state index in [-0.39, 0.29) is 11.2 Å². The van der Waals surface area contributed by atoms with E-state index in [1.54, 1.807) is 0 Å². The third-order valence-electron chi connectivity index (χ3n) is 4.71. The molecule has 3 nitrogen and oxygen atoms in total. The summed E-state index contributed by atoms with van der Waals surface area (Å²) >= 11 is 0. The molecule has 0 radical (unpaired) electrons. The molecular weight excluding hydrogens is 260 g/mol. The zero-order valence-electron chi connectivity index (χ0n) is 15.7. The summed E-state index contributed by atoms with van der Waals surface area (Å²) in [5.41, 5.74) is 11.8. The Hall–Kier alpha value is -0.120. The first kappa shape index (κ1) is 20.9. The molecule has 0 rings (SSSR count). The molecule has 21 heavy (non-hydrogen) atoms. The van der Waals surface area contributed by atoms with Gasteiger partial charge in [0.25, 0.3) is 0 Å². The lowest BCUT2D eigenvalue weighted by Gasteiger charge is -2.49. The van der Waals surface area contributed by atoms with E-state index in [0.29, 0.717) is 36.8 Å². The minimum absolute atomic E-state index is 0.285. The summed E-state index contributed by atoms with van der Waals surface area (Å²) in [6, 6.07) is 0. The molecule has 0 aromatic heterocycles. The van der Waals surface area contributed by atoms with E-state index in [2.05, 4.69) is 55.4 Å². The van der Waals surface area contributed by atoms with E-state index in [0.717, 1.165) is 12.8 Å². The van der Waals surface area contributed by atoms with Crippen LogP contribution in [0.2, 0.25) is 0 Å². The Morgan fingerprint density at radius 2 is 0.952 bits per heavy atom. The molecule has 0 saturated carbocycles. The Balaban J connectivity index is 5.58. The number of hydrogen-bond acceptors (Lipinski definition) is 3. The second-order valence-electron chi connectivity index (χ2n) is 8.15. The summed E-state index contributed by atoms with van der Waals surface area (Å²) in [5, 5.41) is 0. The van der Waals surface area contributed by atoms with Gasteiger partial charge in [-0.15, -0.1) is 0 Å². The van der Waals surface area contributed by atoms with Gasteiger partial charge in [0, 0.05) is 13.1 Å². The van der Waals surface area contributed by atoms with Crippen LogP contribution >= 0.6 is 0 Å². The van der Waals surface area contributed by atoms with Gasteiger partial charge in [-0.1, -0.05) is 55.4 Å². The molecule has 0 saturated heterocycles. The van der Waals surface area contributed by atoms with Gasteiger partial charge in [-0.05, 0) is 36.5 Å². The van der Waals surface area contributed by atoms with Gasteiger partial charge in [0.15, 0.2) is 0 Å². The molecule has 0 aliphatic carbocycles. The molecule has 0 aliphatic heterocycles. The van der Waals surface area contributed by atoms with Crippen LogP contribution in [0.25, 0.3) is 0 Å². The summed E-state index contributed by atoms with van der Waals surface area (Å²) in [4.78, 5) is 0. The summed E-state index contributed by atoms with van der Waals surface area (Å²) in [6.45, 7) is 18.9. The van der Waals surface area contributed by atoms with Gasteiger partial charge in [-0.3, -0.25) is 0 Å². The fraction of sp³-hybridized carbons (Fsp3) is 1.00. The molecule has 0 heterocycles. The predicted octanol–water partition coefficient (Wildman–Crippen LogP) is 3.80. The Morgan fingerprint density at radius 3 is 1.10 bits per heavy atom. The molecule has 0 aliphatic rings. The second kappa shape index (κ2) is 8.50. The van der Waals surface area contributed by atoms with Crippen LogP contribution < -0.4 is 11.5 Å². The van der Waals surface area contributed by atoms with Gasteiger partial charge < -0.3 is 16.2 Å². The highest BCUT2D eigenvalue weighted by atomic mass is 16.5. The lowest BCUT2D eigenvalue weighted by atomic mass is 9.78. The zero-order valence-corrected chi connectivity index (χ0v) is 15.7. The molecule has 0 aromatic rings. The quantitative estimate of drug-likeness (QED) is 0.645. The smallest absolute Gasteiger partial charge is 0.0837 e. The van der Waals surface area contributed by atoms with Crippen molar-refractivity contribution in [2.24, 2.45) is 35.1 Å². The second-order valence-corrected chi connectivity index (χ2v) is 8.15. The van der Waals surface area contributed by atoms with Gasteiger partial charge in [-0.25, -0.2) is 0 Å². The summed E-state index contributed by atoms with van der Waals surface area (Å²) in [5.74, 6) is 1.86. The Labute approximate surface area is 133 Å². The maximum Gasteiger partial charge on any atom is 0.0837 e. The average molecular weight is 301 g/mol. The molecule has 0 amide bonds. The highest BCUT2D eigenvalue weighted by molar-refractivity contribution is 4.95. The molecular formula is C18H40N2O. The number of nitrogens with two attached hydrogens (primary N) is 2. The van der Waals surface area contributed by atoms with E-state index in [9.17, 15) is 0 Å². The number of hydrogen-bond donors (Lipinski definition) is 2. The van der Waals surface area contributed by atoms with E-state index in [4.69, 9.17) is 16.2 Å². The maximum absolute atomic E-state index is 6.82. The SMILES string of the molecule is CC(C)CC(CN)(OC(CN)(CC(C)C)C(C)C)C(C)C. The van der Waals surface area contributed by atoms with E-state index >= 15 is 0 Å². The first-order valence-corrected chi connectivity index (χ1v) is 8.65. The first-order chi connectivity index (χ1) is 9.55. The maximum atomic E-state index is 6.82. The summed E-state index contributed by atoms with van der Waals surface area (Å²) < 4.78 is 6.82. The fourth-order valence-corrected chi connectivity index (χ4v) is 3.30. The molecule has 0 fully saturated rings. The van der Waals surface area contributed by atoms with Crippen molar-refractivity contribution in [2.45, 2.75) is 79.4 Å². The predicted molar refractivity (Wildman–Crippen MR) is 93.2 cm³/mol. The molecule has 128 valence electrons. The van der Waals surface area contributed by atoms with Gasteiger partial charge in [0.05, 0.1) is 11.2 Å². The van der Waals surface area contributed by atoms with Crippen molar-refractivity contribution in [3.63, 3.8) is 0 Å². The van der Waals surface area contributed by atoms with Crippen molar-refractivity contribution in [1.29, 1.82) is 0 Å². The average Bonchev–Trinajstić information content (AvgIpc) is 2.35. The molecule has 2 atom stereocenters. The van der Waals surface area contributed by atoms with Crippen molar-refractivity contribution in [3.8, 4) is 0 Å². The van der Waals surface area contributed by atoms with Gasteiger partial charge >= 0.3 is 0 Å². The van der Waals surface area contributed by atoms with Crippen molar-refractivity contribution in [1.82, 2.24) is 0 Å². The van der Waals surface area contributed by atoms with Crippen LogP contribution in [0.15, 0.2) is 0 Å². The van der Waals surface area contributed by atoms with Crippen LogP contribution in [-0.2, 0) is 4.74 Å². The van der Waals surface area contributed by atoms with Gasteiger partial charge in [-0.2, -0.15) is 0 Å². The van der Waals surface area contributed by atoms with Gasteiger partial charge in [0.1, 0.15) is 0 Å². The molecule has 0 bridgehead atoms. The summed E-state index contributed by atoms with van der Waals surface area (Å²) in [6.07, 6.45) is 1.96. The highest BCUT2D eigenvalue weighted by Gasteiger charge is 2.44. The fourth-order valence-electron chi connectivity index (χ4n) is 3.30. The minimum Gasteiger partial charge on any atom is -0.365 e. The summed E-state index contributed by atoms with van der Waals surface area (Å²) in [7, 11) is 0. The van der Waals surface area contributed by atoms with Crippen LogP contribution in [0, 0.1) is 23.7 Å². The Morgan fingerprint density at radius 1 is 0.667 bits per heavy atom. The standard InChI is InChI=1S/C18H40N2O/c1-13(2)9-17(11-19,15(5)6)21-18(12-20,16(7)8)10-14(3)4/h13-16H,9-12,19-20H2,1-8H3. The van der Waals surface area contributed by atoms with Crippen molar-refractivity contribution in [3.05, 3.63) is 0 Å². The van der Waals surface area contributed by atoms with Crippen LogP contribution in [0.4, 0.5) is 0 Å². The normalized spacial score (nSPS) is 18.6. The third-order valence-corrected chi connectivity index (χ3v) is 4.71. The van der Waals surface area contributed by atoms with Crippen LogP contribution in [0.5, 0.6) is 0 Å². The molecule has 0 spiro atoms. The van der Waals surface area contributed by atoms with Crippen LogP contribution in [-0.4, -0.2) is 24.3 Å². The topological polar surface area (TPSA) is 61.3 Å².